The number of hydrogen-bond acceptors (Lipinski definition) is 8. The SMILES string of the molecule is CCOC(=O)Nc1ccccc1C(=O)Nc1nnc(-c2ccc([N+](=O)[O-])cc2)o1. The number of amides is 2. The number of non-ortho nitro benzene ring substituents is 1. The number of carbonyl (C=O) groups is 2. The highest BCUT2D eigenvalue weighted by Crippen LogP contribution is 2.23. The van der Waals surface area contributed by atoms with Gasteiger partial charge in [0.1, 0.15) is 0 Å². The van der Waals surface area contributed by atoms with Crippen molar-refractivity contribution in [3.8, 4) is 11.5 Å². The molecule has 0 aliphatic rings. The summed E-state index contributed by atoms with van der Waals surface area (Å²) in [5.41, 5.74) is 0.787. The van der Waals surface area contributed by atoms with Gasteiger partial charge in [0.2, 0.25) is 5.89 Å². The Morgan fingerprint density at radius 1 is 1.10 bits per heavy atom. The van der Waals surface area contributed by atoms with E-state index in [2.05, 4.69) is 20.8 Å². The molecule has 0 atom stereocenters. The van der Waals surface area contributed by atoms with Gasteiger partial charge in [0.15, 0.2) is 0 Å². The van der Waals surface area contributed by atoms with Gasteiger partial charge in [-0.05, 0) is 31.2 Å². The maximum atomic E-state index is 12.5. The molecule has 1 aromatic heterocycles. The van der Waals surface area contributed by atoms with E-state index in [-0.39, 0.29) is 35.5 Å². The van der Waals surface area contributed by atoms with E-state index in [1.54, 1.807) is 25.1 Å². The van der Waals surface area contributed by atoms with Crippen molar-refractivity contribution in [2.45, 2.75) is 6.92 Å². The number of nitrogens with zero attached hydrogens (tertiary/aromatic N) is 3. The van der Waals surface area contributed by atoms with Gasteiger partial charge in [-0.15, -0.1) is 5.10 Å². The van der Waals surface area contributed by atoms with Crippen molar-refractivity contribution in [2.24, 2.45) is 0 Å². The van der Waals surface area contributed by atoms with Crippen molar-refractivity contribution < 1.29 is 23.7 Å². The molecule has 2 aromatic carbocycles. The highest BCUT2D eigenvalue weighted by Gasteiger charge is 2.17. The number of nitrogens with one attached hydrogen (secondary N) is 2. The van der Waals surface area contributed by atoms with Gasteiger partial charge >= 0.3 is 12.1 Å². The van der Waals surface area contributed by atoms with Crippen LogP contribution in [0.5, 0.6) is 0 Å². The molecule has 11 nitrogen and oxygen atoms in total. The monoisotopic (exact) mass is 397 g/mol. The molecule has 0 aliphatic carbocycles. The minimum absolute atomic E-state index is 0.0764. The summed E-state index contributed by atoms with van der Waals surface area (Å²) in [6, 6.07) is 11.7. The fourth-order valence-electron chi connectivity index (χ4n) is 2.35. The van der Waals surface area contributed by atoms with Crippen LogP contribution >= 0.6 is 0 Å². The highest BCUT2D eigenvalue weighted by molar-refractivity contribution is 6.08. The number of nitro groups is 1. The van der Waals surface area contributed by atoms with Gasteiger partial charge < -0.3 is 9.15 Å². The van der Waals surface area contributed by atoms with Crippen molar-refractivity contribution in [2.75, 3.05) is 17.2 Å². The molecule has 1 heterocycles. The zero-order valence-electron chi connectivity index (χ0n) is 15.1. The van der Waals surface area contributed by atoms with Crippen molar-refractivity contribution >= 4 is 29.4 Å². The second-order valence-electron chi connectivity index (χ2n) is 5.56. The normalized spacial score (nSPS) is 10.2. The van der Waals surface area contributed by atoms with Crippen LogP contribution in [0.2, 0.25) is 0 Å². The Morgan fingerprint density at radius 2 is 1.83 bits per heavy atom. The maximum Gasteiger partial charge on any atom is 0.411 e. The number of rotatable bonds is 6. The van der Waals surface area contributed by atoms with Crippen LogP contribution in [0.15, 0.2) is 52.9 Å². The number of anilines is 2. The molecule has 0 aliphatic heterocycles. The average Bonchev–Trinajstić information content (AvgIpc) is 3.17. The predicted molar refractivity (Wildman–Crippen MR) is 101 cm³/mol. The molecule has 11 heteroatoms. The molecule has 3 aromatic rings. The summed E-state index contributed by atoms with van der Waals surface area (Å²) in [6.45, 7) is 1.85. The van der Waals surface area contributed by atoms with Crippen LogP contribution in [-0.2, 0) is 4.74 Å². The van der Waals surface area contributed by atoms with E-state index in [0.29, 0.717) is 5.56 Å². The molecule has 0 bridgehead atoms. The van der Waals surface area contributed by atoms with Crippen LogP contribution in [-0.4, -0.2) is 33.7 Å². The van der Waals surface area contributed by atoms with Crippen LogP contribution < -0.4 is 10.6 Å². The molecule has 0 unspecified atom stereocenters. The number of nitro benzene ring substituents is 1. The van der Waals surface area contributed by atoms with Crippen LogP contribution in [0.25, 0.3) is 11.5 Å². The van der Waals surface area contributed by atoms with E-state index >= 15 is 0 Å². The minimum Gasteiger partial charge on any atom is -0.450 e. The lowest BCUT2D eigenvalue weighted by Crippen LogP contribution is -2.19. The van der Waals surface area contributed by atoms with Gasteiger partial charge in [-0.25, -0.2) is 4.79 Å². The number of para-hydroxylation sites is 1. The molecule has 0 spiro atoms. The zero-order valence-corrected chi connectivity index (χ0v) is 15.1. The minimum atomic E-state index is -0.689. The zero-order chi connectivity index (χ0) is 20.8. The second-order valence-corrected chi connectivity index (χ2v) is 5.56. The van der Waals surface area contributed by atoms with E-state index in [1.165, 1.54) is 30.3 Å². The van der Waals surface area contributed by atoms with E-state index in [0.717, 1.165) is 0 Å². The first kappa shape index (κ1) is 19.5. The summed E-state index contributed by atoms with van der Waals surface area (Å²) in [4.78, 5) is 34.3. The molecule has 2 N–H and O–H groups in total. The van der Waals surface area contributed by atoms with E-state index in [9.17, 15) is 19.7 Å². The lowest BCUT2D eigenvalue weighted by atomic mass is 10.1. The van der Waals surface area contributed by atoms with Crippen LogP contribution in [0.1, 0.15) is 17.3 Å². The molecule has 3 rings (SSSR count). The van der Waals surface area contributed by atoms with Crippen molar-refractivity contribution in [3.63, 3.8) is 0 Å². The third-order valence-corrected chi connectivity index (χ3v) is 3.65. The fourth-order valence-corrected chi connectivity index (χ4v) is 2.35. The summed E-state index contributed by atoms with van der Waals surface area (Å²) < 4.78 is 10.2. The summed E-state index contributed by atoms with van der Waals surface area (Å²) in [5.74, 6) is -0.510. The van der Waals surface area contributed by atoms with Crippen molar-refractivity contribution in [1.29, 1.82) is 0 Å². The lowest BCUT2D eigenvalue weighted by molar-refractivity contribution is -0.384. The van der Waals surface area contributed by atoms with Crippen molar-refractivity contribution in [3.05, 3.63) is 64.2 Å². The highest BCUT2D eigenvalue weighted by atomic mass is 16.6. The molecule has 0 saturated carbocycles. The molecule has 2 amide bonds. The van der Waals surface area contributed by atoms with Crippen LogP contribution in [0, 0.1) is 10.1 Å². The molecule has 0 saturated heterocycles. The first-order valence-corrected chi connectivity index (χ1v) is 8.40. The standard InChI is InChI=1S/C18H15N5O6/c1-2-28-18(25)19-14-6-4-3-5-13(14)15(24)20-17-22-21-16(29-17)11-7-9-12(10-8-11)23(26)27/h3-10H,2H2,1H3,(H,19,25)(H,20,22,24). The second kappa shape index (κ2) is 8.61. The lowest BCUT2D eigenvalue weighted by Gasteiger charge is -2.09. The van der Waals surface area contributed by atoms with Gasteiger partial charge in [-0.1, -0.05) is 17.2 Å². The Labute approximate surface area is 163 Å². The topological polar surface area (TPSA) is 149 Å². The largest absolute Gasteiger partial charge is 0.450 e. The Balaban J connectivity index is 1.74. The first-order valence-electron chi connectivity index (χ1n) is 8.40. The van der Waals surface area contributed by atoms with Gasteiger partial charge in [-0.2, -0.15) is 0 Å². The third-order valence-electron chi connectivity index (χ3n) is 3.65. The predicted octanol–water partition coefficient (Wildman–Crippen LogP) is 3.47. The van der Waals surface area contributed by atoms with E-state index in [4.69, 9.17) is 9.15 Å². The maximum absolute atomic E-state index is 12.5. The number of carbonyl (C=O) groups excluding carboxylic acids is 2. The van der Waals surface area contributed by atoms with Gasteiger partial charge in [0, 0.05) is 17.7 Å². The van der Waals surface area contributed by atoms with Crippen molar-refractivity contribution in [1.82, 2.24) is 10.2 Å². The quantitative estimate of drug-likeness (QED) is 0.474. The van der Waals surface area contributed by atoms with E-state index < -0.39 is 16.9 Å². The Kier molecular flexibility index (Phi) is 5.78. The smallest absolute Gasteiger partial charge is 0.411 e. The molecule has 0 fully saturated rings. The van der Waals surface area contributed by atoms with Crippen LogP contribution in [0.3, 0.4) is 0 Å². The summed E-state index contributed by atoms with van der Waals surface area (Å²) in [6.07, 6.45) is -0.689. The Morgan fingerprint density at radius 3 is 2.52 bits per heavy atom. The number of hydrogen-bond donors (Lipinski definition) is 2. The summed E-state index contributed by atoms with van der Waals surface area (Å²) in [7, 11) is 0. The van der Waals surface area contributed by atoms with Crippen LogP contribution in [0.4, 0.5) is 22.2 Å². The molecular weight excluding hydrogens is 382 g/mol. The third kappa shape index (κ3) is 4.71. The average molecular weight is 397 g/mol. The molecule has 29 heavy (non-hydrogen) atoms. The summed E-state index contributed by atoms with van der Waals surface area (Å²) in [5, 5.41) is 23.2. The molecular formula is C18H15N5O6. The summed E-state index contributed by atoms with van der Waals surface area (Å²) >= 11 is 0. The molecule has 0 radical (unpaired) electrons. The number of ether oxygens (including phenoxy) is 1. The Hall–Kier alpha value is -4.28. The van der Waals surface area contributed by atoms with E-state index in [1.807, 2.05) is 0 Å². The van der Waals surface area contributed by atoms with Gasteiger partial charge in [-0.3, -0.25) is 25.5 Å². The molecule has 148 valence electrons. The first-order chi connectivity index (χ1) is 14.0. The Bertz CT molecular complexity index is 1050. The number of benzene rings is 2. The van der Waals surface area contributed by atoms with Gasteiger partial charge in [0.25, 0.3) is 11.6 Å². The van der Waals surface area contributed by atoms with Gasteiger partial charge in [0.05, 0.1) is 22.8 Å². The fraction of sp³-hybridized carbons (Fsp3) is 0.111. The number of aromatic nitrogens is 2.